The van der Waals surface area contributed by atoms with Crippen LogP contribution in [0.25, 0.3) is 17.2 Å². The van der Waals surface area contributed by atoms with Crippen molar-refractivity contribution in [3.8, 4) is 22.6 Å². The highest BCUT2D eigenvalue weighted by atomic mass is 79.9. The molecule has 0 atom stereocenters. The summed E-state index contributed by atoms with van der Waals surface area (Å²) in [6.07, 6.45) is 3.05. The Kier molecular flexibility index (Phi) is 9.37. The number of hydrogen-bond donors (Lipinski definition) is 1. The van der Waals surface area contributed by atoms with Crippen LogP contribution in [0.1, 0.15) is 34.6 Å². The Labute approximate surface area is 222 Å². The maximum Gasteiger partial charge on any atom is 0.341 e. The standard InChI is InChI=1S/C26H25BrClNO5S/c1-5-33-24-19(27)13-16(14-20(24)32-4)7-12-21(30)29-25-23(26(31)34-6-2)22(15(3)35-25)17-8-10-18(28)11-9-17/h7-14H,5-6H2,1-4H3,(H,29,30). The number of amides is 1. The monoisotopic (exact) mass is 577 g/mol. The predicted molar refractivity (Wildman–Crippen MR) is 145 cm³/mol. The summed E-state index contributed by atoms with van der Waals surface area (Å²) in [5.41, 5.74) is 2.59. The number of nitrogens with one attached hydrogen (secondary N) is 1. The Morgan fingerprint density at radius 3 is 2.49 bits per heavy atom. The molecule has 0 aliphatic heterocycles. The Morgan fingerprint density at radius 1 is 1.14 bits per heavy atom. The minimum absolute atomic E-state index is 0.218. The van der Waals surface area contributed by atoms with Crippen LogP contribution in [-0.4, -0.2) is 32.2 Å². The van der Waals surface area contributed by atoms with E-state index >= 15 is 0 Å². The number of thiophene rings is 1. The molecule has 3 aromatic rings. The van der Waals surface area contributed by atoms with Crippen LogP contribution in [0.2, 0.25) is 5.02 Å². The number of ether oxygens (including phenoxy) is 3. The molecule has 0 saturated heterocycles. The van der Waals surface area contributed by atoms with Crippen LogP contribution in [0.4, 0.5) is 5.00 Å². The van der Waals surface area contributed by atoms with Crippen molar-refractivity contribution in [1.82, 2.24) is 0 Å². The smallest absolute Gasteiger partial charge is 0.341 e. The lowest BCUT2D eigenvalue weighted by molar-refractivity contribution is -0.111. The minimum atomic E-state index is -0.499. The molecule has 35 heavy (non-hydrogen) atoms. The number of carbonyl (C=O) groups is 2. The van der Waals surface area contributed by atoms with E-state index < -0.39 is 5.97 Å². The second kappa shape index (κ2) is 12.2. The molecule has 0 fully saturated rings. The number of carbonyl (C=O) groups excluding carboxylic acids is 2. The Morgan fingerprint density at radius 2 is 1.86 bits per heavy atom. The van der Waals surface area contributed by atoms with Gasteiger partial charge in [0.2, 0.25) is 5.91 Å². The van der Waals surface area contributed by atoms with E-state index in [1.165, 1.54) is 17.4 Å². The third-order valence-corrected chi connectivity index (χ3v) is 6.76. The first kappa shape index (κ1) is 26.8. The number of rotatable bonds is 9. The summed E-state index contributed by atoms with van der Waals surface area (Å²) in [5.74, 6) is 0.261. The maximum absolute atomic E-state index is 12.9. The number of anilines is 1. The first-order valence-electron chi connectivity index (χ1n) is 10.8. The first-order chi connectivity index (χ1) is 16.8. The largest absolute Gasteiger partial charge is 0.493 e. The van der Waals surface area contributed by atoms with Gasteiger partial charge in [-0.1, -0.05) is 23.7 Å². The summed E-state index contributed by atoms with van der Waals surface area (Å²) in [7, 11) is 1.55. The van der Waals surface area contributed by atoms with E-state index in [0.717, 1.165) is 16.0 Å². The van der Waals surface area contributed by atoms with Crippen LogP contribution in [-0.2, 0) is 9.53 Å². The molecule has 1 heterocycles. The van der Waals surface area contributed by atoms with Crippen LogP contribution in [0.15, 0.2) is 46.9 Å². The molecule has 0 spiro atoms. The van der Waals surface area contributed by atoms with E-state index in [2.05, 4.69) is 21.2 Å². The molecule has 0 saturated carbocycles. The van der Waals surface area contributed by atoms with Gasteiger partial charge in [0, 0.05) is 21.5 Å². The van der Waals surface area contributed by atoms with Crippen LogP contribution in [0.5, 0.6) is 11.5 Å². The van der Waals surface area contributed by atoms with Gasteiger partial charge in [-0.05, 0) is 78.2 Å². The molecule has 0 aliphatic rings. The highest BCUT2D eigenvalue weighted by molar-refractivity contribution is 9.10. The van der Waals surface area contributed by atoms with Crippen LogP contribution >= 0.6 is 38.9 Å². The second-order valence-corrected chi connectivity index (χ2v) is 9.77. The quantitative estimate of drug-likeness (QED) is 0.212. The van der Waals surface area contributed by atoms with Gasteiger partial charge in [-0.15, -0.1) is 11.3 Å². The van der Waals surface area contributed by atoms with Gasteiger partial charge in [0.15, 0.2) is 11.5 Å². The average Bonchev–Trinajstić information content (AvgIpc) is 3.15. The van der Waals surface area contributed by atoms with Gasteiger partial charge in [0.05, 0.1) is 24.8 Å². The third kappa shape index (κ3) is 6.45. The maximum atomic E-state index is 12.9. The Bertz CT molecular complexity index is 1250. The van der Waals surface area contributed by atoms with Crippen molar-refractivity contribution in [2.24, 2.45) is 0 Å². The van der Waals surface area contributed by atoms with E-state index in [1.54, 1.807) is 38.3 Å². The summed E-state index contributed by atoms with van der Waals surface area (Å²) in [6, 6.07) is 10.8. The SMILES string of the molecule is CCOC(=O)c1c(NC(=O)C=Cc2cc(Br)c(OCC)c(OC)c2)sc(C)c1-c1ccc(Cl)cc1. The molecule has 6 nitrogen and oxygen atoms in total. The van der Waals surface area contributed by atoms with E-state index in [1.807, 2.05) is 32.0 Å². The summed E-state index contributed by atoms with van der Waals surface area (Å²) in [6.45, 7) is 6.23. The average molecular weight is 579 g/mol. The number of esters is 1. The van der Waals surface area contributed by atoms with Gasteiger partial charge in [-0.2, -0.15) is 0 Å². The Balaban J connectivity index is 1.91. The molecule has 9 heteroatoms. The van der Waals surface area contributed by atoms with Crippen molar-refractivity contribution in [3.05, 3.63) is 68.0 Å². The van der Waals surface area contributed by atoms with Gasteiger partial charge in [0.1, 0.15) is 10.6 Å². The van der Waals surface area contributed by atoms with Crippen molar-refractivity contribution in [2.75, 3.05) is 25.6 Å². The van der Waals surface area contributed by atoms with Crippen molar-refractivity contribution >= 4 is 61.8 Å². The molecular formula is C26H25BrClNO5S. The molecule has 2 aromatic carbocycles. The fourth-order valence-corrected chi connectivity index (χ4v) is 5.21. The van der Waals surface area contributed by atoms with E-state index in [4.69, 9.17) is 25.8 Å². The molecular weight excluding hydrogens is 554 g/mol. The molecule has 0 bridgehead atoms. The first-order valence-corrected chi connectivity index (χ1v) is 12.8. The van der Waals surface area contributed by atoms with Gasteiger partial charge < -0.3 is 19.5 Å². The third-order valence-electron chi connectivity index (χ3n) is 4.90. The lowest BCUT2D eigenvalue weighted by Crippen LogP contribution is -2.12. The summed E-state index contributed by atoms with van der Waals surface area (Å²) >= 11 is 10.8. The summed E-state index contributed by atoms with van der Waals surface area (Å²) in [4.78, 5) is 26.5. The number of hydrogen-bond acceptors (Lipinski definition) is 6. The zero-order chi connectivity index (χ0) is 25.5. The second-order valence-electron chi connectivity index (χ2n) is 7.25. The number of halogens is 2. The molecule has 1 amide bonds. The topological polar surface area (TPSA) is 73.9 Å². The number of methoxy groups -OCH3 is 1. The van der Waals surface area contributed by atoms with Crippen molar-refractivity contribution in [3.63, 3.8) is 0 Å². The van der Waals surface area contributed by atoms with Crippen LogP contribution in [0, 0.1) is 6.92 Å². The van der Waals surface area contributed by atoms with Crippen molar-refractivity contribution in [2.45, 2.75) is 20.8 Å². The lowest BCUT2D eigenvalue weighted by Gasteiger charge is -2.12. The van der Waals surface area contributed by atoms with E-state index in [-0.39, 0.29) is 12.5 Å². The fourth-order valence-electron chi connectivity index (χ4n) is 3.44. The minimum Gasteiger partial charge on any atom is -0.493 e. The zero-order valence-electron chi connectivity index (χ0n) is 19.7. The number of aryl methyl sites for hydroxylation is 1. The van der Waals surface area contributed by atoms with Crippen LogP contribution in [0.3, 0.4) is 0 Å². The molecule has 3 rings (SSSR count). The molecule has 1 aromatic heterocycles. The van der Waals surface area contributed by atoms with Crippen molar-refractivity contribution < 1.29 is 23.8 Å². The van der Waals surface area contributed by atoms with E-state index in [9.17, 15) is 9.59 Å². The molecule has 1 N–H and O–H groups in total. The van der Waals surface area contributed by atoms with Crippen LogP contribution < -0.4 is 14.8 Å². The van der Waals surface area contributed by atoms with Gasteiger partial charge in [-0.3, -0.25) is 4.79 Å². The summed E-state index contributed by atoms with van der Waals surface area (Å²) < 4.78 is 17.0. The van der Waals surface area contributed by atoms with Gasteiger partial charge in [0.25, 0.3) is 0 Å². The highest BCUT2D eigenvalue weighted by Gasteiger charge is 2.25. The molecule has 184 valence electrons. The zero-order valence-corrected chi connectivity index (χ0v) is 22.9. The lowest BCUT2D eigenvalue weighted by atomic mass is 10.0. The highest BCUT2D eigenvalue weighted by Crippen LogP contribution is 2.41. The predicted octanol–water partition coefficient (Wildman–Crippen LogP) is 7.38. The van der Waals surface area contributed by atoms with Crippen molar-refractivity contribution in [1.29, 1.82) is 0 Å². The molecule has 0 unspecified atom stereocenters. The Hall–Kier alpha value is -2.81. The van der Waals surface area contributed by atoms with Gasteiger partial charge >= 0.3 is 5.97 Å². The van der Waals surface area contributed by atoms with E-state index in [0.29, 0.717) is 43.7 Å². The molecule has 0 radical (unpaired) electrons. The summed E-state index contributed by atoms with van der Waals surface area (Å²) in [5, 5.41) is 3.85. The fraction of sp³-hybridized carbons (Fsp3) is 0.231. The van der Waals surface area contributed by atoms with Gasteiger partial charge in [-0.25, -0.2) is 4.79 Å². The molecule has 0 aliphatic carbocycles. The normalized spacial score (nSPS) is 10.9. The number of benzene rings is 2.